The van der Waals surface area contributed by atoms with E-state index in [-0.39, 0.29) is 54.6 Å². The molecule has 2 nitrogen and oxygen atoms in total. The minimum Gasteiger partial charge on any atom is -0.464 e. The number of para-hydroxylation sites is 1. The summed E-state index contributed by atoms with van der Waals surface area (Å²) < 4.78 is 137. The predicted molar refractivity (Wildman–Crippen MR) is 167 cm³/mol. The maximum Gasteiger partial charge on any atom is 0.143 e. The summed E-state index contributed by atoms with van der Waals surface area (Å²) in [6.45, 7) is 0. The first-order chi connectivity index (χ1) is 25.6. The second-order valence-electron chi connectivity index (χ2n) is 9.42. The Bertz CT molecular complexity index is 3140. The van der Waals surface area contributed by atoms with Crippen LogP contribution in [0.2, 0.25) is 0 Å². The zero-order valence-electron chi connectivity index (χ0n) is 34.4. The van der Waals surface area contributed by atoms with Crippen LogP contribution in [0, 0.1) is 0 Å². The third kappa shape index (κ3) is 2.99. The third-order valence-electron chi connectivity index (χ3n) is 7.28. The molecule has 186 valence electrons. The van der Waals surface area contributed by atoms with Gasteiger partial charge in [-0.25, -0.2) is 0 Å². The standard InChI is InChI=1S/C38H22O2/c1-2-9-24-20-26(17-16-23(24)8-1)36-27-10-3-5-12-29(27)37(30-13-6-4-11-28(30)36)32-15-7-14-31-33-22-34-25(18-19-39-34)21-35(33)40-38(31)32/h1-22H/i1D,2D,3D,4D,5D,6D,8D,10D,11D,12D,13D,16D,17D,20D. The number of benzene rings is 7. The average molecular weight is 525 g/mol. The van der Waals surface area contributed by atoms with E-state index in [1.54, 1.807) is 42.7 Å². The van der Waals surface area contributed by atoms with Crippen LogP contribution < -0.4 is 0 Å². The summed E-state index contributed by atoms with van der Waals surface area (Å²) in [6.07, 6.45) is 1.55. The fourth-order valence-corrected chi connectivity index (χ4v) is 5.55. The van der Waals surface area contributed by atoms with E-state index in [1.807, 2.05) is 0 Å². The van der Waals surface area contributed by atoms with Crippen molar-refractivity contribution in [2.75, 3.05) is 0 Å². The van der Waals surface area contributed by atoms with Gasteiger partial charge in [0.2, 0.25) is 0 Å². The Labute approximate surface area is 249 Å². The van der Waals surface area contributed by atoms with Gasteiger partial charge in [0.25, 0.3) is 0 Å². The molecule has 0 spiro atoms. The lowest BCUT2D eigenvalue weighted by atomic mass is 9.85. The molecule has 0 aliphatic carbocycles. The molecule has 9 aromatic rings. The van der Waals surface area contributed by atoms with Gasteiger partial charge >= 0.3 is 0 Å². The largest absolute Gasteiger partial charge is 0.464 e. The molecule has 0 N–H and O–H groups in total. The average Bonchev–Trinajstić information content (AvgIpc) is 3.77. The van der Waals surface area contributed by atoms with Gasteiger partial charge in [-0.1, -0.05) is 103 Å². The van der Waals surface area contributed by atoms with E-state index in [1.165, 1.54) is 0 Å². The summed E-state index contributed by atoms with van der Waals surface area (Å²) in [5, 5.41) is 0.738. The Balaban J connectivity index is 1.59. The normalized spacial score (nSPS) is 16.9. The number of rotatable bonds is 2. The molecule has 9 rings (SSSR count). The quantitative estimate of drug-likeness (QED) is 0.210. The van der Waals surface area contributed by atoms with Gasteiger partial charge in [0.15, 0.2) is 0 Å². The summed E-state index contributed by atoms with van der Waals surface area (Å²) in [6, 6.07) is 3.27. The van der Waals surface area contributed by atoms with Crippen molar-refractivity contribution in [2.45, 2.75) is 0 Å². The molecular weight excluding hydrogens is 488 g/mol. The van der Waals surface area contributed by atoms with E-state index in [2.05, 4.69) is 0 Å². The van der Waals surface area contributed by atoms with Crippen LogP contribution in [0.5, 0.6) is 0 Å². The van der Waals surface area contributed by atoms with E-state index in [4.69, 9.17) is 19.8 Å². The van der Waals surface area contributed by atoms with Crippen molar-refractivity contribution in [1.29, 1.82) is 0 Å². The monoisotopic (exact) mass is 524 g/mol. The molecule has 0 saturated heterocycles. The Morgan fingerprint density at radius 2 is 1.27 bits per heavy atom. The lowest BCUT2D eigenvalue weighted by Crippen LogP contribution is -1.91. The minimum atomic E-state index is -0.685. The van der Waals surface area contributed by atoms with Crippen LogP contribution in [-0.4, -0.2) is 0 Å². The molecule has 0 fully saturated rings. The van der Waals surface area contributed by atoms with Crippen LogP contribution in [0.3, 0.4) is 0 Å². The van der Waals surface area contributed by atoms with Crippen LogP contribution in [0.1, 0.15) is 19.2 Å². The maximum atomic E-state index is 9.37. The number of hydrogen-bond acceptors (Lipinski definition) is 2. The molecule has 7 aromatic carbocycles. The highest BCUT2D eigenvalue weighted by Crippen LogP contribution is 2.47. The Hall–Kier alpha value is -5.34. The zero-order valence-corrected chi connectivity index (χ0v) is 20.4. The van der Waals surface area contributed by atoms with Crippen molar-refractivity contribution in [1.82, 2.24) is 0 Å². The first-order valence-corrected chi connectivity index (χ1v) is 12.4. The SMILES string of the molecule is [2H]c1cc2c([2H])c(-c3c4c([2H])c([2H])c([2H])c([2H])c4c(-c4cccc5c4oc4cc6ccoc6cc45)c4c([2H])c([2H])c([2H])c([2H])c34)c([2H])c([2H])c2c([2H])c1[2H]. The molecular formula is C38H22O2. The van der Waals surface area contributed by atoms with Gasteiger partial charge in [0.05, 0.1) is 25.5 Å². The molecule has 0 aliphatic heterocycles. The third-order valence-corrected chi connectivity index (χ3v) is 7.28. The summed E-state index contributed by atoms with van der Waals surface area (Å²) in [5.41, 5.74) is 0.860. The highest BCUT2D eigenvalue weighted by atomic mass is 16.3. The lowest BCUT2D eigenvalue weighted by molar-refractivity contribution is 0.616. The van der Waals surface area contributed by atoms with Crippen LogP contribution in [0.25, 0.3) is 87.5 Å². The van der Waals surface area contributed by atoms with Crippen LogP contribution in [-0.2, 0) is 0 Å². The van der Waals surface area contributed by atoms with E-state index in [0.717, 1.165) is 11.5 Å². The maximum absolute atomic E-state index is 9.37. The first kappa shape index (κ1) is 12.2. The molecule has 2 aromatic heterocycles. The number of hydrogen-bond donors (Lipinski definition) is 0. The fraction of sp³-hybridized carbons (Fsp3) is 0. The number of furan rings is 2. The molecule has 0 amide bonds. The van der Waals surface area contributed by atoms with Gasteiger partial charge in [-0.2, -0.15) is 0 Å². The van der Waals surface area contributed by atoms with E-state index in [9.17, 15) is 8.22 Å². The Morgan fingerprint density at radius 3 is 2.08 bits per heavy atom. The molecule has 0 radical (unpaired) electrons. The molecule has 0 saturated carbocycles. The van der Waals surface area contributed by atoms with Gasteiger partial charge < -0.3 is 8.83 Å². The lowest BCUT2D eigenvalue weighted by Gasteiger charge is -2.18. The van der Waals surface area contributed by atoms with Crippen molar-refractivity contribution < 1.29 is 28.0 Å². The van der Waals surface area contributed by atoms with Gasteiger partial charge in [-0.15, -0.1) is 0 Å². The first-order valence-electron chi connectivity index (χ1n) is 19.4. The highest BCUT2D eigenvalue weighted by molar-refractivity contribution is 6.24. The summed E-state index contributed by atoms with van der Waals surface area (Å²) in [4.78, 5) is 0. The predicted octanol–water partition coefficient (Wildman–Crippen LogP) is 11.1. The molecule has 0 aliphatic rings. The molecule has 40 heavy (non-hydrogen) atoms. The fourth-order valence-electron chi connectivity index (χ4n) is 5.55. The highest BCUT2D eigenvalue weighted by Gasteiger charge is 2.20. The van der Waals surface area contributed by atoms with Gasteiger partial charge in [0, 0.05) is 27.3 Å². The van der Waals surface area contributed by atoms with Crippen molar-refractivity contribution >= 4 is 65.2 Å². The second kappa shape index (κ2) is 8.08. The van der Waals surface area contributed by atoms with Crippen LogP contribution in [0.4, 0.5) is 0 Å². The van der Waals surface area contributed by atoms with Crippen LogP contribution in [0.15, 0.2) is 142 Å². The van der Waals surface area contributed by atoms with Gasteiger partial charge in [0.1, 0.15) is 16.7 Å². The van der Waals surface area contributed by atoms with Crippen molar-refractivity contribution in [3.8, 4) is 22.3 Å². The van der Waals surface area contributed by atoms with E-state index in [0.29, 0.717) is 21.9 Å². The second-order valence-corrected chi connectivity index (χ2v) is 9.42. The Morgan fingerprint density at radius 1 is 0.525 bits per heavy atom. The molecule has 0 bridgehead atoms. The zero-order chi connectivity index (χ0) is 38.4. The number of fused-ring (bicyclic) bond motifs is 7. The van der Waals surface area contributed by atoms with Gasteiger partial charge in [-0.05, 0) is 67.7 Å². The molecule has 2 heterocycles. The minimum absolute atomic E-state index is 0.00165. The Kier molecular flexibility index (Phi) is 2.47. The van der Waals surface area contributed by atoms with E-state index < -0.39 is 90.2 Å². The molecule has 2 heteroatoms. The molecule has 0 atom stereocenters. The summed E-state index contributed by atoms with van der Waals surface area (Å²) in [5.74, 6) is 0. The van der Waals surface area contributed by atoms with E-state index >= 15 is 0 Å². The summed E-state index contributed by atoms with van der Waals surface area (Å²) in [7, 11) is 0. The smallest absolute Gasteiger partial charge is 0.143 e. The summed E-state index contributed by atoms with van der Waals surface area (Å²) >= 11 is 0. The molecule has 0 unspecified atom stereocenters. The van der Waals surface area contributed by atoms with Crippen molar-refractivity contribution in [3.05, 3.63) is 133 Å². The van der Waals surface area contributed by atoms with Crippen molar-refractivity contribution in [3.63, 3.8) is 0 Å². The van der Waals surface area contributed by atoms with Crippen LogP contribution >= 0.6 is 0 Å². The van der Waals surface area contributed by atoms with Crippen molar-refractivity contribution in [2.24, 2.45) is 0 Å². The topological polar surface area (TPSA) is 26.3 Å². The van der Waals surface area contributed by atoms with Gasteiger partial charge in [-0.3, -0.25) is 0 Å².